The van der Waals surface area contributed by atoms with Gasteiger partial charge in [-0.2, -0.15) is 0 Å². The van der Waals surface area contributed by atoms with Crippen molar-refractivity contribution in [3.05, 3.63) is 47.5 Å². The molecule has 0 spiro atoms. The van der Waals surface area contributed by atoms with Gasteiger partial charge in [-0.3, -0.25) is 0 Å². The van der Waals surface area contributed by atoms with E-state index in [2.05, 4.69) is 10.6 Å². The Kier molecular flexibility index (Phi) is 9.50. The largest absolute Gasteiger partial charge is 0.504 e. The van der Waals surface area contributed by atoms with Crippen molar-refractivity contribution in [3.8, 4) is 17.2 Å². The molecule has 0 saturated carbocycles. The molecule has 0 radical (unpaired) electrons. The zero-order chi connectivity index (χ0) is 22.8. The average molecular weight is 442 g/mol. The number of methoxy groups -OCH3 is 1. The standard InChI is InChI=1S/C26H39N3O3/c1-32-25-11-6-5-10-23(25)29-18-8-17-28-16-7-3-2-4-9-20-19-13-15-24(30)26(31)21(19)12-14-22(20)27/h5-6,10-11,13,15,20,22,28-31H,2-4,7-9,12,14,16-18,27H2,1H3. The first kappa shape index (κ1) is 24.2. The fourth-order valence-electron chi connectivity index (χ4n) is 4.68. The van der Waals surface area contributed by atoms with Gasteiger partial charge in [0.2, 0.25) is 0 Å². The van der Waals surface area contributed by atoms with Crippen molar-refractivity contribution < 1.29 is 14.9 Å². The fourth-order valence-corrected chi connectivity index (χ4v) is 4.68. The SMILES string of the molecule is COc1ccccc1NCCCNCCCCCCC1c2ccc(O)c(O)c2CCC1N. The maximum atomic E-state index is 10.2. The number of hydrogen-bond acceptors (Lipinski definition) is 6. The Balaban J connectivity index is 1.24. The molecule has 0 fully saturated rings. The van der Waals surface area contributed by atoms with E-state index in [1.807, 2.05) is 30.3 Å². The monoisotopic (exact) mass is 441 g/mol. The third-order valence-electron chi connectivity index (χ3n) is 6.51. The normalized spacial score (nSPS) is 17.7. The van der Waals surface area contributed by atoms with Gasteiger partial charge in [0.15, 0.2) is 11.5 Å². The lowest BCUT2D eigenvalue weighted by Gasteiger charge is -2.32. The Bertz CT molecular complexity index is 843. The molecule has 6 heteroatoms. The topological polar surface area (TPSA) is 99.8 Å². The lowest BCUT2D eigenvalue weighted by Crippen LogP contribution is -2.33. The molecule has 0 saturated heterocycles. The Morgan fingerprint density at radius 1 is 0.969 bits per heavy atom. The fraction of sp³-hybridized carbons (Fsp3) is 0.538. The number of anilines is 1. The molecule has 32 heavy (non-hydrogen) atoms. The van der Waals surface area contributed by atoms with Gasteiger partial charge in [0.25, 0.3) is 0 Å². The molecule has 3 rings (SSSR count). The van der Waals surface area contributed by atoms with Gasteiger partial charge >= 0.3 is 0 Å². The van der Waals surface area contributed by atoms with Gasteiger partial charge in [-0.05, 0) is 74.9 Å². The van der Waals surface area contributed by atoms with Gasteiger partial charge in [0, 0.05) is 18.2 Å². The van der Waals surface area contributed by atoms with Crippen molar-refractivity contribution in [1.29, 1.82) is 0 Å². The third-order valence-corrected chi connectivity index (χ3v) is 6.51. The zero-order valence-electron chi connectivity index (χ0n) is 19.3. The Hall–Kier alpha value is -2.44. The number of nitrogens with one attached hydrogen (secondary N) is 2. The molecule has 0 aromatic heterocycles. The van der Waals surface area contributed by atoms with Crippen LogP contribution in [0, 0.1) is 0 Å². The van der Waals surface area contributed by atoms with Gasteiger partial charge in [-0.25, -0.2) is 0 Å². The first-order valence-corrected chi connectivity index (χ1v) is 12.0. The minimum absolute atomic E-state index is 0.0268. The number of para-hydroxylation sites is 2. The molecule has 0 aliphatic heterocycles. The van der Waals surface area contributed by atoms with Crippen molar-refractivity contribution in [1.82, 2.24) is 5.32 Å². The van der Waals surface area contributed by atoms with Crippen LogP contribution in [-0.4, -0.2) is 43.0 Å². The Morgan fingerprint density at radius 2 is 1.75 bits per heavy atom. The highest BCUT2D eigenvalue weighted by Gasteiger charge is 2.29. The van der Waals surface area contributed by atoms with Gasteiger partial charge in [0.1, 0.15) is 5.75 Å². The van der Waals surface area contributed by atoms with Crippen LogP contribution in [0.5, 0.6) is 17.2 Å². The average Bonchev–Trinajstić information content (AvgIpc) is 2.81. The first-order chi connectivity index (χ1) is 15.6. The summed E-state index contributed by atoms with van der Waals surface area (Å²) in [5, 5.41) is 26.9. The number of phenolic OH excluding ortho intramolecular Hbond substituents is 2. The minimum Gasteiger partial charge on any atom is -0.504 e. The molecule has 1 aliphatic carbocycles. The predicted octanol–water partition coefficient (Wildman–Crippen LogP) is 4.51. The molecule has 2 atom stereocenters. The number of fused-ring (bicyclic) bond motifs is 1. The van der Waals surface area contributed by atoms with Crippen molar-refractivity contribution in [2.24, 2.45) is 5.73 Å². The van der Waals surface area contributed by atoms with Crippen LogP contribution in [0.15, 0.2) is 36.4 Å². The predicted molar refractivity (Wildman–Crippen MR) is 131 cm³/mol. The summed E-state index contributed by atoms with van der Waals surface area (Å²) >= 11 is 0. The van der Waals surface area contributed by atoms with Crippen LogP contribution in [0.4, 0.5) is 5.69 Å². The highest BCUT2D eigenvalue weighted by atomic mass is 16.5. The quantitative estimate of drug-likeness (QED) is 0.232. The van der Waals surface area contributed by atoms with E-state index in [0.717, 1.165) is 74.3 Å². The van der Waals surface area contributed by atoms with Gasteiger partial charge in [-0.15, -0.1) is 0 Å². The van der Waals surface area contributed by atoms with Crippen molar-refractivity contribution in [3.63, 3.8) is 0 Å². The molecule has 1 aliphatic rings. The maximum absolute atomic E-state index is 10.2. The summed E-state index contributed by atoms with van der Waals surface area (Å²) in [5.41, 5.74) is 9.45. The molecule has 2 aromatic carbocycles. The van der Waals surface area contributed by atoms with Crippen molar-refractivity contribution >= 4 is 5.69 Å². The molecule has 2 aromatic rings. The van der Waals surface area contributed by atoms with Crippen molar-refractivity contribution in [2.45, 2.75) is 63.3 Å². The molecule has 2 unspecified atom stereocenters. The van der Waals surface area contributed by atoms with Crippen LogP contribution in [0.3, 0.4) is 0 Å². The van der Waals surface area contributed by atoms with Crippen LogP contribution in [0.25, 0.3) is 0 Å². The lowest BCUT2D eigenvalue weighted by atomic mass is 9.76. The lowest BCUT2D eigenvalue weighted by molar-refractivity contribution is 0.380. The number of unbranched alkanes of at least 4 members (excludes halogenated alkanes) is 3. The van der Waals surface area contributed by atoms with E-state index in [1.54, 1.807) is 13.2 Å². The second-order valence-electron chi connectivity index (χ2n) is 8.74. The third kappa shape index (κ3) is 6.53. The molecular weight excluding hydrogens is 402 g/mol. The molecule has 6 N–H and O–H groups in total. The molecule has 6 nitrogen and oxygen atoms in total. The van der Waals surface area contributed by atoms with E-state index < -0.39 is 0 Å². The van der Waals surface area contributed by atoms with Crippen LogP contribution in [0.2, 0.25) is 0 Å². The van der Waals surface area contributed by atoms with Gasteiger partial charge in [-0.1, -0.05) is 37.5 Å². The second kappa shape index (κ2) is 12.6. The number of benzene rings is 2. The summed E-state index contributed by atoms with van der Waals surface area (Å²) in [6.45, 7) is 2.98. The van der Waals surface area contributed by atoms with Crippen LogP contribution in [-0.2, 0) is 6.42 Å². The van der Waals surface area contributed by atoms with E-state index in [4.69, 9.17) is 10.5 Å². The van der Waals surface area contributed by atoms with Crippen LogP contribution >= 0.6 is 0 Å². The van der Waals surface area contributed by atoms with E-state index in [9.17, 15) is 10.2 Å². The van der Waals surface area contributed by atoms with Crippen LogP contribution < -0.4 is 21.1 Å². The molecule has 0 bridgehead atoms. The number of ether oxygens (including phenoxy) is 1. The Morgan fingerprint density at radius 3 is 2.59 bits per heavy atom. The first-order valence-electron chi connectivity index (χ1n) is 12.0. The minimum atomic E-state index is -0.0268. The highest BCUT2D eigenvalue weighted by Crippen LogP contribution is 2.42. The second-order valence-corrected chi connectivity index (χ2v) is 8.74. The summed E-state index contributed by atoms with van der Waals surface area (Å²) in [6.07, 6.45) is 8.45. The Labute approximate surface area is 192 Å². The van der Waals surface area contributed by atoms with Crippen molar-refractivity contribution in [2.75, 3.05) is 32.1 Å². The summed E-state index contributed by atoms with van der Waals surface area (Å²) in [7, 11) is 1.70. The summed E-state index contributed by atoms with van der Waals surface area (Å²) in [6, 6.07) is 11.7. The highest BCUT2D eigenvalue weighted by molar-refractivity contribution is 5.56. The smallest absolute Gasteiger partial charge is 0.160 e. The number of phenols is 2. The number of nitrogens with two attached hydrogens (primary N) is 1. The van der Waals surface area contributed by atoms with E-state index in [1.165, 1.54) is 19.3 Å². The van der Waals surface area contributed by atoms with E-state index in [0.29, 0.717) is 0 Å². The zero-order valence-corrected chi connectivity index (χ0v) is 19.3. The van der Waals surface area contributed by atoms with Gasteiger partial charge < -0.3 is 31.3 Å². The van der Waals surface area contributed by atoms with E-state index in [-0.39, 0.29) is 23.5 Å². The summed E-state index contributed by atoms with van der Waals surface area (Å²) < 4.78 is 5.35. The molecular formula is C26H39N3O3. The van der Waals surface area contributed by atoms with E-state index >= 15 is 0 Å². The van der Waals surface area contributed by atoms with Crippen LogP contribution in [0.1, 0.15) is 62.0 Å². The van der Waals surface area contributed by atoms with Gasteiger partial charge in [0.05, 0.1) is 12.8 Å². The number of hydrogen-bond donors (Lipinski definition) is 5. The summed E-state index contributed by atoms with van der Waals surface area (Å²) in [5.74, 6) is 1.18. The maximum Gasteiger partial charge on any atom is 0.160 e. The number of rotatable bonds is 13. The summed E-state index contributed by atoms with van der Waals surface area (Å²) in [4.78, 5) is 0. The number of aromatic hydroxyl groups is 2. The molecule has 0 amide bonds. The molecule has 176 valence electrons. The molecule has 0 heterocycles.